The van der Waals surface area contributed by atoms with Gasteiger partial charge < -0.3 is 4.90 Å². The lowest BCUT2D eigenvalue weighted by molar-refractivity contribution is -0.131. The van der Waals surface area contributed by atoms with Gasteiger partial charge >= 0.3 is 0 Å². The summed E-state index contributed by atoms with van der Waals surface area (Å²) in [6, 6.07) is 17.8. The number of nitriles is 1. The Morgan fingerprint density at radius 3 is 2.24 bits per heavy atom. The molecule has 2 aromatic carbocycles. The van der Waals surface area contributed by atoms with Gasteiger partial charge in [-0.2, -0.15) is 5.26 Å². The molecule has 6 rings (SSSR count). The summed E-state index contributed by atoms with van der Waals surface area (Å²) in [5.74, 6) is 1.75. The van der Waals surface area contributed by atoms with E-state index in [9.17, 15) is 9.59 Å². The van der Waals surface area contributed by atoms with Crippen LogP contribution in [-0.2, 0) is 9.59 Å². The van der Waals surface area contributed by atoms with Crippen LogP contribution in [0.2, 0.25) is 0 Å². The van der Waals surface area contributed by atoms with Crippen LogP contribution in [0.15, 0.2) is 53.5 Å². The fourth-order valence-electron chi connectivity index (χ4n) is 5.07. The van der Waals surface area contributed by atoms with E-state index in [0.29, 0.717) is 23.9 Å². The molecule has 1 saturated heterocycles. The van der Waals surface area contributed by atoms with Gasteiger partial charge in [-0.3, -0.25) is 19.5 Å². The van der Waals surface area contributed by atoms with E-state index >= 15 is 0 Å². The first kappa shape index (κ1) is 20.2. The Bertz CT molecular complexity index is 1180. The zero-order valence-corrected chi connectivity index (χ0v) is 18.5. The highest BCUT2D eigenvalue weighted by Crippen LogP contribution is 2.46. The molecule has 33 heavy (non-hydrogen) atoms. The molecule has 3 fully saturated rings. The molecule has 2 saturated carbocycles. The number of amides is 2. The van der Waals surface area contributed by atoms with Gasteiger partial charge in [0, 0.05) is 31.1 Å². The first-order valence-electron chi connectivity index (χ1n) is 11.9. The summed E-state index contributed by atoms with van der Waals surface area (Å²) >= 11 is 0. The van der Waals surface area contributed by atoms with Crippen molar-refractivity contribution in [1.29, 1.82) is 5.26 Å². The van der Waals surface area contributed by atoms with Crippen LogP contribution in [0.25, 0.3) is 11.1 Å². The Balaban J connectivity index is 1.20. The second-order valence-electron chi connectivity index (χ2n) is 9.86. The summed E-state index contributed by atoms with van der Waals surface area (Å²) < 4.78 is 0. The smallest absolute Gasteiger partial charge is 0.256 e. The van der Waals surface area contributed by atoms with Crippen LogP contribution in [0.5, 0.6) is 0 Å². The number of carbonyl (C=O) groups excluding carboxylic acids is 2. The summed E-state index contributed by atoms with van der Waals surface area (Å²) in [4.78, 5) is 34.5. The molecule has 6 nitrogen and oxygen atoms in total. The minimum absolute atomic E-state index is 0.126. The van der Waals surface area contributed by atoms with Crippen LogP contribution < -0.4 is 0 Å². The minimum Gasteiger partial charge on any atom is -0.342 e. The van der Waals surface area contributed by atoms with Crippen molar-refractivity contribution >= 4 is 17.6 Å². The van der Waals surface area contributed by atoms with Crippen molar-refractivity contribution in [3.05, 3.63) is 59.7 Å². The number of nitrogens with zero attached hydrogens (tertiary/aromatic N) is 4. The van der Waals surface area contributed by atoms with Gasteiger partial charge in [0.05, 0.1) is 11.6 Å². The molecule has 2 aliphatic carbocycles. The quantitative estimate of drug-likeness (QED) is 0.716. The van der Waals surface area contributed by atoms with Crippen LogP contribution in [0, 0.1) is 23.2 Å². The fourth-order valence-corrected chi connectivity index (χ4v) is 5.07. The zero-order valence-electron chi connectivity index (χ0n) is 18.5. The molecule has 0 N–H and O–H groups in total. The van der Waals surface area contributed by atoms with E-state index in [2.05, 4.69) is 6.07 Å². The Morgan fingerprint density at radius 1 is 1.00 bits per heavy atom. The number of likely N-dealkylation sites (tertiary alicyclic amines) is 1. The van der Waals surface area contributed by atoms with E-state index in [-0.39, 0.29) is 11.8 Å². The lowest BCUT2D eigenvalue weighted by atomic mass is 10.0. The van der Waals surface area contributed by atoms with E-state index in [0.717, 1.165) is 67.7 Å². The second-order valence-corrected chi connectivity index (χ2v) is 9.86. The highest BCUT2D eigenvalue weighted by molar-refractivity contribution is 6.16. The molecular formula is C27H26N4O2. The Kier molecular flexibility index (Phi) is 4.62. The molecule has 2 aromatic rings. The molecule has 2 heterocycles. The van der Waals surface area contributed by atoms with E-state index in [1.54, 1.807) is 0 Å². The van der Waals surface area contributed by atoms with Crippen molar-refractivity contribution in [1.82, 2.24) is 9.80 Å². The third kappa shape index (κ3) is 3.62. The average Bonchev–Trinajstić information content (AvgIpc) is 3.78. The molecule has 6 heteroatoms. The molecule has 1 atom stereocenters. The maximum absolute atomic E-state index is 13.2. The molecule has 166 valence electrons. The average molecular weight is 439 g/mol. The largest absolute Gasteiger partial charge is 0.342 e. The van der Waals surface area contributed by atoms with Gasteiger partial charge in [0.15, 0.2) is 0 Å². The van der Waals surface area contributed by atoms with Gasteiger partial charge in [-0.15, -0.1) is 0 Å². The third-order valence-corrected chi connectivity index (χ3v) is 7.40. The summed E-state index contributed by atoms with van der Waals surface area (Å²) in [6.07, 6.45) is 4.66. The SMILES string of the molecule is N#Cc1ccc(-c2ccc(C3=NC4(CC4)C(=O)N3C[C@@H]3CCN(C(=O)C4CC4)C3)cc2)cc1. The molecule has 4 aliphatic rings. The van der Waals surface area contributed by atoms with Gasteiger partial charge in [-0.1, -0.05) is 36.4 Å². The normalized spacial score (nSPS) is 23.1. The Morgan fingerprint density at radius 2 is 1.64 bits per heavy atom. The standard InChI is InChI=1S/C27H26N4O2/c28-15-18-1-3-20(4-2-18)21-5-7-22(8-6-21)24-29-27(12-13-27)26(33)31(24)17-19-11-14-30(16-19)25(32)23-9-10-23/h1-8,19,23H,9-14,16-17H2/t19-/m1/s1. The molecule has 0 aromatic heterocycles. The predicted octanol–water partition coefficient (Wildman–Crippen LogP) is 3.61. The van der Waals surface area contributed by atoms with Crippen molar-refractivity contribution in [3.8, 4) is 17.2 Å². The van der Waals surface area contributed by atoms with E-state index in [1.807, 2.05) is 58.3 Å². The summed E-state index contributed by atoms with van der Waals surface area (Å²) in [7, 11) is 0. The van der Waals surface area contributed by atoms with Crippen LogP contribution in [0.1, 0.15) is 43.2 Å². The molecule has 1 spiro atoms. The topological polar surface area (TPSA) is 76.8 Å². The third-order valence-electron chi connectivity index (χ3n) is 7.40. The monoisotopic (exact) mass is 438 g/mol. The number of aliphatic imine (C=N–C) groups is 1. The maximum atomic E-state index is 13.2. The Labute approximate surface area is 193 Å². The highest BCUT2D eigenvalue weighted by Gasteiger charge is 2.57. The molecule has 2 amide bonds. The van der Waals surface area contributed by atoms with Crippen molar-refractivity contribution in [2.45, 2.75) is 37.6 Å². The number of amidine groups is 1. The van der Waals surface area contributed by atoms with E-state index < -0.39 is 5.54 Å². The van der Waals surface area contributed by atoms with Crippen molar-refractivity contribution in [2.24, 2.45) is 16.8 Å². The first-order valence-corrected chi connectivity index (χ1v) is 11.9. The molecule has 0 radical (unpaired) electrons. The predicted molar refractivity (Wildman–Crippen MR) is 124 cm³/mol. The molecular weight excluding hydrogens is 412 g/mol. The van der Waals surface area contributed by atoms with Gasteiger partial charge in [-0.25, -0.2) is 0 Å². The van der Waals surface area contributed by atoms with Gasteiger partial charge in [0.1, 0.15) is 11.4 Å². The van der Waals surface area contributed by atoms with Crippen molar-refractivity contribution < 1.29 is 9.59 Å². The number of hydrogen-bond acceptors (Lipinski definition) is 4. The van der Waals surface area contributed by atoms with Crippen LogP contribution in [0.4, 0.5) is 0 Å². The van der Waals surface area contributed by atoms with Gasteiger partial charge in [0.2, 0.25) is 5.91 Å². The molecule has 0 unspecified atom stereocenters. The number of hydrogen-bond donors (Lipinski definition) is 0. The second kappa shape index (κ2) is 7.55. The van der Waals surface area contributed by atoms with E-state index in [4.69, 9.17) is 10.3 Å². The van der Waals surface area contributed by atoms with Crippen LogP contribution in [-0.4, -0.2) is 52.6 Å². The van der Waals surface area contributed by atoms with Crippen molar-refractivity contribution in [3.63, 3.8) is 0 Å². The zero-order chi connectivity index (χ0) is 22.6. The van der Waals surface area contributed by atoms with Crippen molar-refractivity contribution in [2.75, 3.05) is 19.6 Å². The number of carbonyl (C=O) groups is 2. The molecule has 2 aliphatic heterocycles. The lowest BCUT2D eigenvalue weighted by Crippen LogP contribution is -2.40. The lowest BCUT2D eigenvalue weighted by Gasteiger charge is -2.23. The van der Waals surface area contributed by atoms with Gasteiger partial charge in [-0.05, 0) is 61.3 Å². The fraction of sp³-hybridized carbons (Fsp3) is 0.407. The van der Waals surface area contributed by atoms with Crippen LogP contribution in [0.3, 0.4) is 0 Å². The molecule has 0 bridgehead atoms. The minimum atomic E-state index is -0.538. The van der Waals surface area contributed by atoms with Crippen LogP contribution >= 0.6 is 0 Å². The summed E-state index contributed by atoms with van der Waals surface area (Å²) in [5.41, 5.74) is 3.17. The number of rotatable bonds is 5. The number of benzene rings is 2. The van der Waals surface area contributed by atoms with E-state index in [1.165, 1.54) is 0 Å². The summed E-state index contributed by atoms with van der Waals surface area (Å²) in [5, 5.41) is 9.01. The maximum Gasteiger partial charge on any atom is 0.256 e. The van der Waals surface area contributed by atoms with Gasteiger partial charge in [0.25, 0.3) is 5.91 Å². The highest BCUT2D eigenvalue weighted by atomic mass is 16.2. The summed E-state index contributed by atoms with van der Waals surface area (Å²) in [6.45, 7) is 2.18. The first-order chi connectivity index (χ1) is 16.1. The Hall–Kier alpha value is -3.46.